The van der Waals surface area contributed by atoms with Gasteiger partial charge in [-0.15, -0.1) is 11.8 Å². The lowest BCUT2D eigenvalue weighted by Crippen LogP contribution is -2.33. The van der Waals surface area contributed by atoms with Crippen LogP contribution in [0.15, 0.2) is 65.6 Å². The third-order valence-corrected chi connectivity index (χ3v) is 7.52. The summed E-state index contributed by atoms with van der Waals surface area (Å²) < 4.78 is 51.9. The summed E-state index contributed by atoms with van der Waals surface area (Å²) in [5, 5.41) is 2.92. The zero-order valence-electron chi connectivity index (χ0n) is 20.7. The molecule has 7 nitrogen and oxygen atoms in total. The predicted octanol–water partition coefficient (Wildman–Crippen LogP) is 5.02. The molecular formula is C26H29FN2O5S2. The fourth-order valence-corrected chi connectivity index (χ4v) is 4.96. The first kappa shape index (κ1) is 27.3. The number of thioether (sulfide) groups is 1. The standard InChI is InChI=1S/C26H29FN2O5S2/c1-17(18-10-12-20(35-4)13-11-18)28-26(30)21-14-24(33-2)25(34-3)15-23(21)29(36(5,31)32)16-19-8-6-7-9-22(19)27/h6-15,17H,16H2,1-5H3,(H,28,30). The molecule has 0 saturated heterocycles. The molecule has 1 amide bonds. The molecule has 0 aromatic heterocycles. The van der Waals surface area contributed by atoms with Crippen LogP contribution in [0, 0.1) is 5.82 Å². The Balaban J connectivity index is 2.07. The SMILES string of the molecule is COc1cc(C(=O)NC(C)c2ccc(SC)cc2)c(N(Cc2ccccc2F)S(C)(=O)=O)cc1OC. The van der Waals surface area contributed by atoms with Gasteiger partial charge >= 0.3 is 0 Å². The highest BCUT2D eigenvalue weighted by Crippen LogP contribution is 2.37. The molecule has 36 heavy (non-hydrogen) atoms. The number of carbonyl (C=O) groups is 1. The average molecular weight is 533 g/mol. The minimum Gasteiger partial charge on any atom is -0.493 e. The number of nitrogens with zero attached hydrogens (tertiary/aromatic N) is 1. The number of sulfonamides is 1. The Morgan fingerprint density at radius 3 is 2.22 bits per heavy atom. The smallest absolute Gasteiger partial charge is 0.254 e. The zero-order chi connectivity index (χ0) is 26.5. The number of carbonyl (C=O) groups excluding carboxylic acids is 1. The van der Waals surface area contributed by atoms with Crippen molar-refractivity contribution in [2.75, 3.05) is 31.0 Å². The van der Waals surface area contributed by atoms with Crippen molar-refractivity contribution >= 4 is 33.4 Å². The molecule has 3 aromatic rings. The fraction of sp³-hybridized carbons (Fsp3) is 0.269. The van der Waals surface area contributed by atoms with Gasteiger partial charge in [0.15, 0.2) is 11.5 Å². The summed E-state index contributed by atoms with van der Waals surface area (Å²) in [6.45, 7) is 1.52. The van der Waals surface area contributed by atoms with Crippen LogP contribution in [-0.2, 0) is 16.6 Å². The molecule has 1 unspecified atom stereocenters. The van der Waals surface area contributed by atoms with Crippen LogP contribution in [0.1, 0.15) is 34.5 Å². The van der Waals surface area contributed by atoms with E-state index in [1.807, 2.05) is 37.4 Å². The summed E-state index contributed by atoms with van der Waals surface area (Å²) >= 11 is 1.61. The topological polar surface area (TPSA) is 84.9 Å². The number of hydrogen-bond acceptors (Lipinski definition) is 6. The third-order valence-electron chi connectivity index (χ3n) is 5.65. The van der Waals surface area contributed by atoms with Gasteiger partial charge in [-0.05, 0) is 43.0 Å². The van der Waals surface area contributed by atoms with Gasteiger partial charge in [0, 0.05) is 16.5 Å². The van der Waals surface area contributed by atoms with E-state index in [-0.39, 0.29) is 40.9 Å². The molecule has 0 saturated carbocycles. The highest BCUT2D eigenvalue weighted by molar-refractivity contribution is 7.98. The molecule has 0 aliphatic carbocycles. The van der Waals surface area contributed by atoms with Gasteiger partial charge in [-0.25, -0.2) is 12.8 Å². The molecule has 3 rings (SSSR count). The van der Waals surface area contributed by atoms with Gasteiger partial charge in [0.25, 0.3) is 5.91 Å². The number of rotatable bonds is 10. The van der Waals surface area contributed by atoms with Crippen molar-refractivity contribution in [2.45, 2.75) is 24.4 Å². The molecule has 0 bridgehead atoms. The van der Waals surface area contributed by atoms with Gasteiger partial charge in [0.1, 0.15) is 5.82 Å². The monoisotopic (exact) mass is 532 g/mol. The van der Waals surface area contributed by atoms with E-state index in [2.05, 4.69) is 5.32 Å². The number of amides is 1. The third kappa shape index (κ3) is 6.30. The number of ether oxygens (including phenoxy) is 2. The van der Waals surface area contributed by atoms with Crippen LogP contribution in [0.4, 0.5) is 10.1 Å². The van der Waals surface area contributed by atoms with Gasteiger partial charge in [-0.3, -0.25) is 9.10 Å². The Bertz CT molecular complexity index is 1330. The maximum atomic E-state index is 14.4. The lowest BCUT2D eigenvalue weighted by atomic mass is 10.1. The van der Waals surface area contributed by atoms with Crippen molar-refractivity contribution < 1.29 is 27.1 Å². The van der Waals surface area contributed by atoms with Crippen LogP contribution in [0.3, 0.4) is 0 Å². The average Bonchev–Trinajstić information content (AvgIpc) is 2.86. The second kappa shape index (κ2) is 11.7. The Kier molecular flexibility index (Phi) is 8.86. The first-order valence-corrected chi connectivity index (χ1v) is 14.1. The summed E-state index contributed by atoms with van der Waals surface area (Å²) in [6, 6.07) is 16.1. The van der Waals surface area contributed by atoms with E-state index in [9.17, 15) is 17.6 Å². The van der Waals surface area contributed by atoms with E-state index in [1.54, 1.807) is 17.8 Å². The maximum absolute atomic E-state index is 14.4. The van der Waals surface area contributed by atoms with Crippen molar-refractivity contribution in [2.24, 2.45) is 0 Å². The molecule has 3 aromatic carbocycles. The second-order valence-corrected chi connectivity index (χ2v) is 10.8. The number of nitrogens with one attached hydrogen (secondary N) is 1. The lowest BCUT2D eigenvalue weighted by Gasteiger charge is -2.26. The van der Waals surface area contributed by atoms with E-state index in [4.69, 9.17) is 9.47 Å². The predicted molar refractivity (Wildman–Crippen MR) is 141 cm³/mol. The number of halogens is 1. The van der Waals surface area contributed by atoms with Crippen LogP contribution in [-0.4, -0.2) is 41.1 Å². The van der Waals surface area contributed by atoms with Crippen LogP contribution in [0.2, 0.25) is 0 Å². The normalized spacial score (nSPS) is 12.1. The molecule has 0 radical (unpaired) electrons. The van der Waals surface area contributed by atoms with E-state index in [0.717, 1.165) is 21.0 Å². The maximum Gasteiger partial charge on any atom is 0.254 e. The molecule has 1 N–H and O–H groups in total. The Labute approximate surface area is 215 Å². The largest absolute Gasteiger partial charge is 0.493 e. The van der Waals surface area contributed by atoms with Gasteiger partial charge < -0.3 is 14.8 Å². The molecule has 0 heterocycles. The second-order valence-electron chi connectivity index (χ2n) is 8.05. The van der Waals surface area contributed by atoms with Crippen molar-refractivity contribution in [1.82, 2.24) is 5.32 Å². The van der Waals surface area contributed by atoms with Crippen molar-refractivity contribution in [1.29, 1.82) is 0 Å². The van der Waals surface area contributed by atoms with Crippen LogP contribution in [0.5, 0.6) is 11.5 Å². The van der Waals surface area contributed by atoms with Crippen molar-refractivity contribution in [3.05, 3.63) is 83.2 Å². The first-order valence-electron chi connectivity index (χ1n) is 11.0. The minimum atomic E-state index is -3.93. The molecular weight excluding hydrogens is 503 g/mol. The number of anilines is 1. The Morgan fingerprint density at radius 1 is 1.06 bits per heavy atom. The van der Waals surface area contributed by atoms with Gasteiger partial charge in [0.2, 0.25) is 10.0 Å². The number of hydrogen-bond donors (Lipinski definition) is 1. The Hall–Kier alpha value is -3.24. The Morgan fingerprint density at radius 2 is 1.67 bits per heavy atom. The van der Waals surface area contributed by atoms with Crippen molar-refractivity contribution in [3.8, 4) is 11.5 Å². The van der Waals surface area contributed by atoms with Gasteiger partial charge in [0.05, 0.1) is 44.3 Å². The number of benzene rings is 3. The van der Waals surface area contributed by atoms with Crippen LogP contribution >= 0.6 is 11.8 Å². The molecule has 1 atom stereocenters. The highest BCUT2D eigenvalue weighted by atomic mass is 32.2. The minimum absolute atomic E-state index is 0.0424. The number of methoxy groups -OCH3 is 2. The molecule has 0 aliphatic heterocycles. The van der Waals surface area contributed by atoms with Gasteiger partial charge in [-0.1, -0.05) is 30.3 Å². The van der Waals surface area contributed by atoms with Gasteiger partial charge in [-0.2, -0.15) is 0 Å². The van der Waals surface area contributed by atoms with Crippen molar-refractivity contribution in [3.63, 3.8) is 0 Å². The quantitative estimate of drug-likeness (QED) is 0.369. The zero-order valence-corrected chi connectivity index (χ0v) is 22.4. The molecule has 0 fully saturated rings. The highest BCUT2D eigenvalue weighted by Gasteiger charge is 2.28. The molecule has 0 aliphatic rings. The summed E-state index contributed by atoms with van der Waals surface area (Å²) in [4.78, 5) is 14.6. The molecule has 192 valence electrons. The van der Waals surface area contributed by atoms with Crippen LogP contribution < -0.4 is 19.1 Å². The first-order chi connectivity index (χ1) is 17.1. The summed E-state index contributed by atoms with van der Waals surface area (Å²) in [6.07, 6.45) is 2.98. The molecule has 0 spiro atoms. The van der Waals surface area contributed by atoms with E-state index in [1.165, 1.54) is 44.6 Å². The fourth-order valence-electron chi connectivity index (χ4n) is 3.67. The summed E-state index contributed by atoms with van der Waals surface area (Å²) in [5.74, 6) is -0.593. The van der Waals surface area contributed by atoms with E-state index < -0.39 is 21.7 Å². The summed E-state index contributed by atoms with van der Waals surface area (Å²) in [5.41, 5.74) is 1.13. The van der Waals surface area contributed by atoms with Crippen LogP contribution in [0.25, 0.3) is 0 Å². The van der Waals surface area contributed by atoms with E-state index in [0.29, 0.717) is 0 Å². The van der Waals surface area contributed by atoms with E-state index >= 15 is 0 Å². The molecule has 10 heteroatoms. The summed E-state index contributed by atoms with van der Waals surface area (Å²) in [7, 11) is -1.11. The lowest BCUT2D eigenvalue weighted by molar-refractivity contribution is 0.0940.